The van der Waals surface area contributed by atoms with E-state index in [4.69, 9.17) is 0 Å². The first-order chi connectivity index (χ1) is 23.0. The number of alkyl halides is 6. The highest BCUT2D eigenvalue weighted by Gasteiger charge is 2.62. The second kappa shape index (κ2) is 13.1. The second-order valence-electron chi connectivity index (χ2n) is 15.0. The molecular weight excluding hydrogens is 650 g/mol. The maximum atomic E-state index is 14.3. The third kappa shape index (κ3) is 7.17. The maximum absolute atomic E-state index is 14.3. The number of likely N-dealkylation sites (tertiary alicyclic amines) is 1. The zero-order valence-corrected chi connectivity index (χ0v) is 28.0. The van der Waals surface area contributed by atoms with Crippen LogP contribution in [0.4, 0.5) is 26.3 Å². The number of piperidine rings is 1. The van der Waals surface area contributed by atoms with Crippen LogP contribution >= 0.6 is 0 Å². The normalized spacial score (nSPS) is 31.9. The van der Waals surface area contributed by atoms with Crippen molar-refractivity contribution in [3.63, 3.8) is 0 Å². The minimum Gasteiger partial charge on any atom is -0.406 e. The van der Waals surface area contributed by atoms with Crippen LogP contribution in [0.1, 0.15) is 89.3 Å². The third-order valence-electron chi connectivity index (χ3n) is 12.3. The standard InChI is InChI=1S/C37H44F6N2O4/c1-4-19-45-21-27-28-13-14-30(34(28,2)18-16-29(27)35(3)17-15-24(46)20-31(35)45)33(47)44-32(22-5-9-25(10-6-22)48-36(38,39)40)23-7-11-26(12-8-23)49-37(41,42)43/h5-12,27-32H,4,13-21H2,1-3H3,(H,44,47)/t27?,28?,29?,30?,31?,34-,35+/m0/s1. The van der Waals surface area contributed by atoms with Gasteiger partial charge in [0, 0.05) is 31.3 Å². The molecule has 2 aromatic rings. The minimum atomic E-state index is -4.88. The summed E-state index contributed by atoms with van der Waals surface area (Å²) in [5.41, 5.74) is 0.659. The fourth-order valence-corrected chi connectivity index (χ4v) is 10.2. The van der Waals surface area contributed by atoms with Gasteiger partial charge in [-0.3, -0.25) is 14.5 Å². The Labute approximate surface area is 282 Å². The molecule has 12 heteroatoms. The Bertz CT molecular complexity index is 1450. The lowest BCUT2D eigenvalue weighted by Crippen LogP contribution is -2.64. The molecule has 1 heterocycles. The number of hydrogen-bond acceptors (Lipinski definition) is 5. The fraction of sp³-hybridized carbons (Fsp3) is 0.622. The van der Waals surface area contributed by atoms with E-state index in [0.717, 1.165) is 69.5 Å². The highest BCUT2D eigenvalue weighted by Crippen LogP contribution is 2.65. The first-order valence-electron chi connectivity index (χ1n) is 17.3. The second-order valence-corrected chi connectivity index (χ2v) is 15.0. The van der Waals surface area contributed by atoms with Crippen LogP contribution in [0.2, 0.25) is 0 Å². The van der Waals surface area contributed by atoms with E-state index in [9.17, 15) is 35.9 Å². The van der Waals surface area contributed by atoms with Crippen LogP contribution in [0.25, 0.3) is 0 Å². The van der Waals surface area contributed by atoms with Gasteiger partial charge < -0.3 is 14.8 Å². The van der Waals surface area contributed by atoms with Crippen LogP contribution in [0.5, 0.6) is 11.5 Å². The Morgan fingerprint density at radius 2 is 1.41 bits per heavy atom. The van der Waals surface area contributed by atoms with Crippen molar-refractivity contribution in [2.45, 2.75) is 96.9 Å². The van der Waals surface area contributed by atoms with E-state index >= 15 is 0 Å². The number of carbonyl (C=O) groups is 2. The lowest BCUT2D eigenvalue weighted by Gasteiger charge is -2.63. The van der Waals surface area contributed by atoms with E-state index < -0.39 is 30.3 Å². The van der Waals surface area contributed by atoms with Crippen LogP contribution in [0.3, 0.4) is 0 Å². The molecule has 4 aliphatic rings. The number of amides is 1. The summed E-state index contributed by atoms with van der Waals surface area (Å²) in [5, 5.41) is 3.13. The van der Waals surface area contributed by atoms with Gasteiger partial charge in [0.25, 0.3) is 0 Å². The molecule has 0 spiro atoms. The average molecular weight is 695 g/mol. The first kappa shape index (κ1) is 35.5. The minimum absolute atomic E-state index is 0.0444. The number of nitrogens with one attached hydrogen (secondary N) is 1. The van der Waals surface area contributed by atoms with Crippen LogP contribution < -0.4 is 14.8 Å². The van der Waals surface area contributed by atoms with E-state index in [1.165, 1.54) is 24.3 Å². The number of fused-ring (bicyclic) bond motifs is 5. The predicted octanol–water partition coefficient (Wildman–Crippen LogP) is 8.60. The molecule has 7 atom stereocenters. The summed E-state index contributed by atoms with van der Waals surface area (Å²) in [4.78, 5) is 29.5. The molecule has 1 amide bonds. The molecule has 3 aliphatic carbocycles. The summed E-state index contributed by atoms with van der Waals surface area (Å²) in [6, 6.07) is 9.63. The predicted molar refractivity (Wildman–Crippen MR) is 169 cm³/mol. The van der Waals surface area contributed by atoms with Gasteiger partial charge in [0.05, 0.1) is 6.04 Å². The molecule has 6 nitrogen and oxygen atoms in total. The van der Waals surface area contributed by atoms with E-state index in [1.807, 2.05) is 0 Å². The van der Waals surface area contributed by atoms with Gasteiger partial charge in [-0.1, -0.05) is 45.0 Å². The molecule has 1 aliphatic heterocycles. The molecule has 0 bridgehead atoms. The van der Waals surface area contributed by atoms with Crippen molar-refractivity contribution in [1.82, 2.24) is 10.2 Å². The van der Waals surface area contributed by atoms with Gasteiger partial charge in [-0.15, -0.1) is 26.3 Å². The van der Waals surface area contributed by atoms with Gasteiger partial charge >= 0.3 is 12.7 Å². The molecule has 268 valence electrons. The van der Waals surface area contributed by atoms with Crippen molar-refractivity contribution in [3.8, 4) is 11.5 Å². The molecule has 0 radical (unpaired) electrons. The molecule has 1 saturated heterocycles. The number of halogens is 6. The van der Waals surface area contributed by atoms with Crippen LogP contribution in [-0.2, 0) is 9.59 Å². The molecule has 5 unspecified atom stereocenters. The molecule has 4 fully saturated rings. The summed E-state index contributed by atoms with van der Waals surface area (Å²) in [5.74, 6) is 0.166. The van der Waals surface area contributed by atoms with Crippen molar-refractivity contribution in [2.75, 3.05) is 13.1 Å². The molecule has 6 rings (SSSR count). The summed E-state index contributed by atoms with van der Waals surface area (Å²) in [7, 11) is 0. The Balaban J connectivity index is 1.25. The number of benzene rings is 2. The van der Waals surface area contributed by atoms with Crippen LogP contribution in [-0.4, -0.2) is 48.4 Å². The zero-order chi connectivity index (χ0) is 35.4. The van der Waals surface area contributed by atoms with Gasteiger partial charge in [0.15, 0.2) is 0 Å². The van der Waals surface area contributed by atoms with Crippen molar-refractivity contribution in [3.05, 3.63) is 59.7 Å². The van der Waals surface area contributed by atoms with Crippen molar-refractivity contribution >= 4 is 11.7 Å². The van der Waals surface area contributed by atoms with Crippen molar-refractivity contribution < 1.29 is 45.4 Å². The quantitative estimate of drug-likeness (QED) is 0.281. The van der Waals surface area contributed by atoms with E-state index in [1.54, 1.807) is 0 Å². The smallest absolute Gasteiger partial charge is 0.406 e. The van der Waals surface area contributed by atoms with Crippen molar-refractivity contribution in [2.24, 2.45) is 34.5 Å². The fourth-order valence-electron chi connectivity index (χ4n) is 10.2. The monoisotopic (exact) mass is 694 g/mol. The lowest BCUT2D eigenvalue weighted by atomic mass is 9.48. The third-order valence-corrected chi connectivity index (χ3v) is 12.3. The van der Waals surface area contributed by atoms with E-state index in [-0.39, 0.29) is 28.7 Å². The van der Waals surface area contributed by atoms with Gasteiger partial charge in [-0.2, -0.15) is 0 Å². The van der Waals surface area contributed by atoms with Gasteiger partial charge in [0.1, 0.15) is 17.3 Å². The number of ether oxygens (including phenoxy) is 2. The highest BCUT2D eigenvalue weighted by atomic mass is 19.4. The van der Waals surface area contributed by atoms with E-state index in [0.29, 0.717) is 53.9 Å². The number of hydrogen-bond donors (Lipinski definition) is 1. The Hall–Kier alpha value is -3.28. The summed E-state index contributed by atoms with van der Waals surface area (Å²) in [6.07, 6.45) is -3.19. The van der Waals surface area contributed by atoms with E-state index in [2.05, 4.69) is 40.5 Å². The highest BCUT2D eigenvalue weighted by molar-refractivity contribution is 5.81. The maximum Gasteiger partial charge on any atom is 0.573 e. The number of Topliss-reactive ketones (excluding diaryl/α,β-unsaturated/α-hetero) is 1. The number of carbonyl (C=O) groups excluding carboxylic acids is 2. The van der Waals surface area contributed by atoms with Crippen LogP contribution in [0.15, 0.2) is 48.5 Å². The molecule has 3 saturated carbocycles. The lowest BCUT2D eigenvalue weighted by molar-refractivity contribution is -0.275. The number of nitrogens with zero attached hydrogens (tertiary/aromatic N) is 1. The topological polar surface area (TPSA) is 67.9 Å². The largest absolute Gasteiger partial charge is 0.573 e. The molecule has 2 aromatic carbocycles. The summed E-state index contributed by atoms with van der Waals surface area (Å²) >= 11 is 0. The summed E-state index contributed by atoms with van der Waals surface area (Å²) in [6.45, 7) is 8.62. The molecule has 49 heavy (non-hydrogen) atoms. The van der Waals surface area contributed by atoms with Crippen molar-refractivity contribution in [1.29, 1.82) is 0 Å². The molecule has 1 N–H and O–H groups in total. The zero-order valence-electron chi connectivity index (χ0n) is 28.0. The van der Waals surface area contributed by atoms with Crippen LogP contribution in [0, 0.1) is 34.5 Å². The van der Waals surface area contributed by atoms with Gasteiger partial charge in [-0.25, -0.2) is 0 Å². The van der Waals surface area contributed by atoms with Gasteiger partial charge in [0.2, 0.25) is 5.91 Å². The SMILES string of the molecule is CCCN1CC2C3CCC(C(=O)NC(c4ccc(OC(F)(F)F)cc4)c4ccc(OC(F)(F)F)cc4)[C@@]3(C)CCC2[C@@]2(C)CCC(=O)CC12. The molecule has 0 aromatic heterocycles. The van der Waals surface area contributed by atoms with Gasteiger partial charge in [-0.05, 0) is 109 Å². The Morgan fingerprint density at radius 3 is 1.94 bits per heavy atom. The number of rotatable bonds is 8. The first-order valence-corrected chi connectivity index (χ1v) is 17.3. The molecular formula is C37H44F6N2O4. The Kier molecular flexibility index (Phi) is 9.52. The number of ketones is 1. The Morgan fingerprint density at radius 1 is 0.857 bits per heavy atom. The summed E-state index contributed by atoms with van der Waals surface area (Å²) < 4.78 is 85.0. The average Bonchev–Trinajstić information content (AvgIpc) is 3.38.